The molecule has 0 N–H and O–H groups in total. The zero-order valence-electron chi connectivity index (χ0n) is 14.0. The van der Waals surface area contributed by atoms with Gasteiger partial charge in [-0.3, -0.25) is 4.79 Å². The Kier molecular flexibility index (Phi) is 5.81. The van der Waals surface area contributed by atoms with Crippen molar-refractivity contribution in [2.75, 3.05) is 26.8 Å². The van der Waals surface area contributed by atoms with Gasteiger partial charge in [0.25, 0.3) is 0 Å². The molecule has 3 rings (SSSR count). The van der Waals surface area contributed by atoms with E-state index in [0.717, 1.165) is 21.7 Å². The van der Waals surface area contributed by atoms with Crippen molar-refractivity contribution in [2.24, 2.45) is 0 Å². The predicted octanol–water partition coefficient (Wildman–Crippen LogP) is 3.52. The predicted molar refractivity (Wildman–Crippen MR) is 98.2 cm³/mol. The molecule has 1 heterocycles. The number of amides is 1. The Morgan fingerprint density at radius 1 is 1.24 bits per heavy atom. The molecule has 0 aromatic heterocycles. The number of hydrogen-bond donors (Lipinski definition) is 0. The fourth-order valence-electron chi connectivity index (χ4n) is 2.56. The number of ether oxygens (including phenoxy) is 3. The van der Waals surface area contributed by atoms with Crippen molar-refractivity contribution in [2.45, 2.75) is 12.5 Å². The van der Waals surface area contributed by atoms with Gasteiger partial charge >= 0.3 is 0 Å². The van der Waals surface area contributed by atoms with Crippen molar-refractivity contribution in [1.82, 2.24) is 4.90 Å². The molecule has 1 aliphatic heterocycles. The molecule has 5 nitrogen and oxygen atoms in total. The monoisotopic (exact) mass is 405 g/mol. The van der Waals surface area contributed by atoms with E-state index in [0.29, 0.717) is 26.2 Å². The van der Waals surface area contributed by atoms with Crippen LogP contribution in [0.1, 0.15) is 6.42 Å². The Labute approximate surface area is 155 Å². The van der Waals surface area contributed by atoms with Crippen molar-refractivity contribution in [3.63, 3.8) is 0 Å². The average Bonchev–Trinajstić information content (AvgIpc) is 2.61. The summed E-state index contributed by atoms with van der Waals surface area (Å²) >= 11 is 3.39. The molecule has 6 heteroatoms. The number of carbonyl (C=O) groups is 1. The van der Waals surface area contributed by atoms with Crippen LogP contribution in [-0.4, -0.2) is 43.7 Å². The summed E-state index contributed by atoms with van der Waals surface area (Å²) in [5.74, 6) is 2.22. The van der Waals surface area contributed by atoms with Crippen molar-refractivity contribution in [1.29, 1.82) is 0 Å². The number of nitrogens with zero attached hydrogens (tertiary/aromatic N) is 1. The van der Waals surface area contributed by atoms with E-state index < -0.39 is 0 Å². The Balaban J connectivity index is 1.44. The lowest BCUT2D eigenvalue weighted by Crippen LogP contribution is -2.42. The second kappa shape index (κ2) is 8.25. The van der Waals surface area contributed by atoms with E-state index in [1.807, 2.05) is 48.5 Å². The minimum absolute atomic E-state index is 0.0115. The first kappa shape index (κ1) is 17.6. The van der Waals surface area contributed by atoms with Crippen LogP contribution in [0.3, 0.4) is 0 Å². The molecule has 1 atom stereocenters. The third kappa shape index (κ3) is 4.89. The maximum Gasteiger partial charge on any atom is 0.225 e. The van der Waals surface area contributed by atoms with E-state index in [1.165, 1.54) is 0 Å². The van der Waals surface area contributed by atoms with Gasteiger partial charge in [-0.25, -0.2) is 0 Å². The molecule has 25 heavy (non-hydrogen) atoms. The van der Waals surface area contributed by atoms with Gasteiger partial charge in [-0.1, -0.05) is 34.1 Å². The number of halogens is 1. The molecule has 1 amide bonds. The normalized spacial score (nSPS) is 15.5. The van der Waals surface area contributed by atoms with E-state index in [2.05, 4.69) is 15.9 Å². The van der Waals surface area contributed by atoms with Crippen LogP contribution in [0.15, 0.2) is 53.0 Å². The van der Waals surface area contributed by atoms with E-state index in [-0.39, 0.29) is 12.0 Å². The summed E-state index contributed by atoms with van der Waals surface area (Å²) in [6, 6.07) is 15.1. The van der Waals surface area contributed by atoms with Gasteiger partial charge in [0.2, 0.25) is 5.91 Å². The standard InChI is InChI=1S/C19H20BrNO4/c1-21(12-16-13-24-17-7-2-3-8-18(17)25-16)19(22)9-10-23-15-6-4-5-14(20)11-15/h2-8,11,16H,9-10,12-13H2,1H3. The molecule has 0 fully saturated rings. The van der Waals surface area contributed by atoms with Gasteiger partial charge in [0.1, 0.15) is 12.4 Å². The van der Waals surface area contributed by atoms with Gasteiger partial charge in [-0.2, -0.15) is 0 Å². The van der Waals surface area contributed by atoms with Gasteiger partial charge in [0.15, 0.2) is 17.6 Å². The summed E-state index contributed by atoms with van der Waals surface area (Å²) in [5.41, 5.74) is 0. The number of likely N-dealkylation sites (N-methyl/N-ethyl adjacent to an activating group) is 1. The highest BCUT2D eigenvalue weighted by Crippen LogP contribution is 2.30. The van der Waals surface area contributed by atoms with E-state index in [4.69, 9.17) is 14.2 Å². The minimum Gasteiger partial charge on any atom is -0.493 e. The van der Waals surface area contributed by atoms with Gasteiger partial charge in [-0.05, 0) is 30.3 Å². The summed E-state index contributed by atoms with van der Waals surface area (Å²) in [7, 11) is 1.77. The van der Waals surface area contributed by atoms with Crippen LogP contribution < -0.4 is 14.2 Å². The van der Waals surface area contributed by atoms with Crippen LogP contribution in [0.25, 0.3) is 0 Å². The van der Waals surface area contributed by atoms with Crippen LogP contribution in [0.4, 0.5) is 0 Å². The minimum atomic E-state index is -0.171. The number of fused-ring (bicyclic) bond motifs is 1. The lowest BCUT2D eigenvalue weighted by atomic mass is 10.2. The van der Waals surface area contributed by atoms with Gasteiger partial charge in [0.05, 0.1) is 19.6 Å². The van der Waals surface area contributed by atoms with Crippen LogP contribution in [0, 0.1) is 0 Å². The number of rotatable bonds is 6. The maximum atomic E-state index is 12.3. The fourth-order valence-corrected chi connectivity index (χ4v) is 2.94. The average molecular weight is 406 g/mol. The van der Waals surface area contributed by atoms with Crippen LogP contribution in [0.5, 0.6) is 17.2 Å². The maximum absolute atomic E-state index is 12.3. The Morgan fingerprint density at radius 3 is 2.84 bits per heavy atom. The summed E-state index contributed by atoms with van der Waals surface area (Å²) in [5, 5.41) is 0. The van der Waals surface area contributed by atoms with Gasteiger partial charge < -0.3 is 19.1 Å². The van der Waals surface area contributed by atoms with Crippen LogP contribution in [0.2, 0.25) is 0 Å². The second-order valence-corrected chi connectivity index (χ2v) is 6.74. The highest BCUT2D eigenvalue weighted by molar-refractivity contribution is 9.10. The molecule has 0 saturated carbocycles. The lowest BCUT2D eigenvalue weighted by Gasteiger charge is -2.29. The van der Waals surface area contributed by atoms with Crippen molar-refractivity contribution in [3.05, 3.63) is 53.0 Å². The molecule has 132 valence electrons. The first-order valence-electron chi connectivity index (χ1n) is 8.12. The molecule has 0 radical (unpaired) electrons. The van der Waals surface area contributed by atoms with Crippen LogP contribution in [-0.2, 0) is 4.79 Å². The summed E-state index contributed by atoms with van der Waals surface area (Å²) in [4.78, 5) is 13.9. The van der Waals surface area contributed by atoms with Crippen LogP contribution >= 0.6 is 15.9 Å². The Hall–Kier alpha value is -2.21. The summed E-state index contributed by atoms with van der Waals surface area (Å²) in [6.07, 6.45) is 0.141. The first-order chi connectivity index (χ1) is 12.1. The molecule has 1 aliphatic rings. The SMILES string of the molecule is CN(CC1COc2ccccc2O1)C(=O)CCOc1cccc(Br)c1. The first-order valence-corrected chi connectivity index (χ1v) is 8.92. The highest BCUT2D eigenvalue weighted by atomic mass is 79.9. The van der Waals surface area contributed by atoms with Gasteiger partial charge in [-0.15, -0.1) is 0 Å². The molecule has 2 aromatic carbocycles. The molecule has 1 unspecified atom stereocenters. The molecular weight excluding hydrogens is 386 g/mol. The summed E-state index contributed by atoms with van der Waals surface area (Å²) in [6.45, 7) is 1.25. The number of para-hydroxylation sites is 2. The molecule has 0 aliphatic carbocycles. The molecule has 2 aromatic rings. The number of hydrogen-bond acceptors (Lipinski definition) is 4. The van der Waals surface area contributed by atoms with Crippen molar-refractivity contribution in [3.8, 4) is 17.2 Å². The quantitative estimate of drug-likeness (QED) is 0.737. The number of benzene rings is 2. The third-order valence-electron chi connectivity index (χ3n) is 3.85. The smallest absolute Gasteiger partial charge is 0.225 e. The van der Waals surface area contributed by atoms with Crippen molar-refractivity contribution < 1.29 is 19.0 Å². The largest absolute Gasteiger partial charge is 0.493 e. The molecular formula is C19H20BrNO4. The molecule has 0 saturated heterocycles. The van der Waals surface area contributed by atoms with E-state index >= 15 is 0 Å². The Morgan fingerprint density at radius 2 is 2.04 bits per heavy atom. The zero-order chi connectivity index (χ0) is 17.6. The third-order valence-corrected chi connectivity index (χ3v) is 4.34. The lowest BCUT2D eigenvalue weighted by molar-refractivity contribution is -0.131. The zero-order valence-corrected chi connectivity index (χ0v) is 15.6. The van der Waals surface area contributed by atoms with Gasteiger partial charge in [0, 0.05) is 11.5 Å². The van der Waals surface area contributed by atoms with E-state index in [9.17, 15) is 4.79 Å². The van der Waals surface area contributed by atoms with Crippen molar-refractivity contribution >= 4 is 21.8 Å². The highest BCUT2D eigenvalue weighted by Gasteiger charge is 2.23. The topological polar surface area (TPSA) is 48.0 Å². The second-order valence-electron chi connectivity index (χ2n) is 5.83. The fraction of sp³-hybridized carbons (Fsp3) is 0.316. The number of carbonyl (C=O) groups excluding carboxylic acids is 1. The molecule has 0 spiro atoms. The summed E-state index contributed by atoms with van der Waals surface area (Å²) < 4.78 is 18.1. The molecule has 0 bridgehead atoms. The Bertz CT molecular complexity index is 737. The van der Waals surface area contributed by atoms with E-state index in [1.54, 1.807) is 11.9 Å².